The second kappa shape index (κ2) is 8.10. The molecule has 1 aliphatic heterocycles. The number of carbonyl (C=O) groups excluding carboxylic acids is 1. The number of benzene rings is 1. The first-order chi connectivity index (χ1) is 11.7. The maximum absolute atomic E-state index is 12.3. The molecule has 1 amide bonds. The minimum Gasteiger partial charge on any atom is -0.376 e. The smallest absolute Gasteiger partial charge is 0.251 e. The molecule has 0 aromatic heterocycles. The van der Waals surface area contributed by atoms with Crippen LogP contribution in [0.2, 0.25) is 0 Å². The number of amides is 1. The average molecular weight is 332 g/mol. The number of rotatable bonds is 6. The fourth-order valence-electron chi connectivity index (χ4n) is 3.72. The molecule has 1 aromatic rings. The molecule has 0 radical (unpaired) electrons. The van der Waals surface area contributed by atoms with Gasteiger partial charge in [-0.2, -0.15) is 0 Å². The average Bonchev–Trinajstić information content (AvgIpc) is 3.10. The lowest BCUT2D eigenvalue weighted by molar-refractivity contribution is -0.147. The van der Waals surface area contributed by atoms with Crippen molar-refractivity contribution in [3.8, 4) is 0 Å². The lowest BCUT2D eigenvalue weighted by atomic mass is 9.94. The van der Waals surface area contributed by atoms with Crippen LogP contribution in [0.5, 0.6) is 0 Å². The molecule has 0 spiro atoms. The van der Waals surface area contributed by atoms with Crippen LogP contribution in [0.3, 0.4) is 0 Å². The molecule has 1 saturated heterocycles. The summed E-state index contributed by atoms with van der Waals surface area (Å²) in [6.07, 6.45) is 4.11. The lowest BCUT2D eigenvalue weighted by Gasteiger charge is -2.35. The van der Waals surface area contributed by atoms with Gasteiger partial charge >= 0.3 is 0 Å². The fourth-order valence-corrected chi connectivity index (χ4v) is 3.72. The van der Waals surface area contributed by atoms with E-state index >= 15 is 0 Å². The third-order valence-corrected chi connectivity index (χ3v) is 5.09. The van der Waals surface area contributed by atoms with Crippen LogP contribution in [0.4, 0.5) is 0 Å². The van der Waals surface area contributed by atoms with Crippen molar-refractivity contribution >= 4 is 5.91 Å². The third-order valence-electron chi connectivity index (χ3n) is 5.09. The van der Waals surface area contributed by atoms with Crippen molar-refractivity contribution in [1.29, 1.82) is 0 Å². The Morgan fingerprint density at radius 3 is 2.67 bits per heavy atom. The SMILES string of the molecule is C[C@H](NC1(CNC(=O)[C@H]2COCCO2)CCCC1)c1ccccc1. The molecule has 0 unspecified atom stereocenters. The Bertz CT molecular complexity index is 523. The van der Waals surface area contributed by atoms with Gasteiger partial charge in [0.2, 0.25) is 0 Å². The van der Waals surface area contributed by atoms with Crippen LogP contribution in [0.25, 0.3) is 0 Å². The van der Waals surface area contributed by atoms with Crippen LogP contribution in [-0.4, -0.2) is 43.9 Å². The van der Waals surface area contributed by atoms with Crippen LogP contribution in [0, 0.1) is 0 Å². The van der Waals surface area contributed by atoms with E-state index in [2.05, 4.69) is 41.8 Å². The predicted molar refractivity (Wildman–Crippen MR) is 92.8 cm³/mol. The number of nitrogens with one attached hydrogen (secondary N) is 2. The maximum atomic E-state index is 12.3. The monoisotopic (exact) mass is 332 g/mol. The Hall–Kier alpha value is -1.43. The summed E-state index contributed by atoms with van der Waals surface area (Å²) in [6.45, 7) is 4.25. The van der Waals surface area contributed by atoms with Crippen molar-refractivity contribution in [2.45, 2.75) is 50.3 Å². The summed E-state index contributed by atoms with van der Waals surface area (Å²) in [5, 5.41) is 6.87. The number of ether oxygens (including phenoxy) is 2. The third kappa shape index (κ3) is 4.35. The van der Waals surface area contributed by atoms with E-state index in [0.29, 0.717) is 26.4 Å². The quantitative estimate of drug-likeness (QED) is 0.838. The molecule has 1 aromatic carbocycles. The summed E-state index contributed by atoms with van der Waals surface area (Å²) in [7, 11) is 0. The Balaban J connectivity index is 1.58. The van der Waals surface area contributed by atoms with Gasteiger partial charge in [0, 0.05) is 18.1 Å². The van der Waals surface area contributed by atoms with Gasteiger partial charge in [-0.3, -0.25) is 4.79 Å². The molecule has 132 valence electrons. The first-order valence-corrected chi connectivity index (χ1v) is 8.98. The Kier molecular flexibility index (Phi) is 5.87. The summed E-state index contributed by atoms with van der Waals surface area (Å²) in [4.78, 5) is 12.3. The largest absolute Gasteiger partial charge is 0.376 e. The molecule has 2 fully saturated rings. The molecule has 1 heterocycles. The maximum Gasteiger partial charge on any atom is 0.251 e. The summed E-state index contributed by atoms with van der Waals surface area (Å²) in [6, 6.07) is 10.7. The van der Waals surface area contributed by atoms with Gasteiger partial charge in [0.25, 0.3) is 5.91 Å². The van der Waals surface area contributed by atoms with E-state index < -0.39 is 6.10 Å². The standard InChI is InChI=1S/C19H28N2O3/c1-15(16-7-3-2-4-8-16)21-19(9-5-6-10-19)14-20-18(22)17-13-23-11-12-24-17/h2-4,7-8,15,17,21H,5-6,9-14H2,1H3,(H,20,22)/t15-,17+/m0/s1. The predicted octanol–water partition coefficient (Wildman–Crippen LogP) is 2.18. The fraction of sp³-hybridized carbons (Fsp3) is 0.632. The highest BCUT2D eigenvalue weighted by Gasteiger charge is 2.36. The molecule has 5 nitrogen and oxygen atoms in total. The lowest BCUT2D eigenvalue weighted by Crippen LogP contribution is -2.54. The van der Waals surface area contributed by atoms with Crippen LogP contribution in [0.15, 0.2) is 30.3 Å². The summed E-state index contributed by atoms with van der Waals surface area (Å²) in [5.41, 5.74) is 1.25. The number of hydrogen-bond donors (Lipinski definition) is 2. The van der Waals surface area contributed by atoms with Crippen molar-refractivity contribution < 1.29 is 14.3 Å². The molecule has 0 bridgehead atoms. The number of hydrogen-bond acceptors (Lipinski definition) is 4. The van der Waals surface area contributed by atoms with Crippen molar-refractivity contribution in [3.63, 3.8) is 0 Å². The first kappa shape index (κ1) is 17.4. The van der Waals surface area contributed by atoms with E-state index in [9.17, 15) is 4.79 Å². The summed E-state index contributed by atoms with van der Waals surface area (Å²) < 4.78 is 10.8. The molecule has 1 aliphatic carbocycles. The molecule has 3 rings (SSSR count). The zero-order valence-electron chi connectivity index (χ0n) is 14.4. The van der Waals surface area contributed by atoms with Crippen LogP contribution in [0.1, 0.15) is 44.2 Å². The highest BCUT2D eigenvalue weighted by Crippen LogP contribution is 2.31. The zero-order chi connectivity index (χ0) is 16.8. The molecule has 5 heteroatoms. The van der Waals surface area contributed by atoms with Gasteiger partial charge in [0.15, 0.2) is 6.10 Å². The Morgan fingerprint density at radius 2 is 2.00 bits per heavy atom. The van der Waals surface area contributed by atoms with Crippen molar-refractivity contribution in [2.24, 2.45) is 0 Å². The molecule has 24 heavy (non-hydrogen) atoms. The van der Waals surface area contributed by atoms with Gasteiger partial charge < -0.3 is 20.1 Å². The molecular weight excluding hydrogens is 304 g/mol. The van der Waals surface area contributed by atoms with E-state index in [1.165, 1.54) is 18.4 Å². The van der Waals surface area contributed by atoms with Crippen LogP contribution < -0.4 is 10.6 Å². The topological polar surface area (TPSA) is 59.6 Å². The summed E-state index contributed by atoms with van der Waals surface area (Å²) >= 11 is 0. The van der Waals surface area contributed by atoms with E-state index in [0.717, 1.165) is 12.8 Å². The van der Waals surface area contributed by atoms with Crippen molar-refractivity contribution in [3.05, 3.63) is 35.9 Å². The second-order valence-electron chi connectivity index (χ2n) is 6.92. The van der Waals surface area contributed by atoms with Crippen LogP contribution in [-0.2, 0) is 14.3 Å². The van der Waals surface area contributed by atoms with Gasteiger partial charge in [0.05, 0.1) is 19.8 Å². The van der Waals surface area contributed by atoms with Gasteiger partial charge in [-0.25, -0.2) is 0 Å². The zero-order valence-corrected chi connectivity index (χ0v) is 14.4. The van der Waals surface area contributed by atoms with E-state index in [4.69, 9.17) is 9.47 Å². The minimum absolute atomic E-state index is 0.0273. The summed E-state index contributed by atoms with van der Waals surface area (Å²) in [5.74, 6) is -0.0601. The molecule has 1 saturated carbocycles. The highest BCUT2D eigenvalue weighted by molar-refractivity contribution is 5.81. The highest BCUT2D eigenvalue weighted by atomic mass is 16.6. The van der Waals surface area contributed by atoms with Gasteiger partial charge in [-0.05, 0) is 25.3 Å². The van der Waals surface area contributed by atoms with Gasteiger partial charge in [-0.15, -0.1) is 0 Å². The van der Waals surface area contributed by atoms with Crippen molar-refractivity contribution in [2.75, 3.05) is 26.4 Å². The van der Waals surface area contributed by atoms with Crippen LogP contribution >= 0.6 is 0 Å². The molecule has 2 N–H and O–H groups in total. The van der Waals surface area contributed by atoms with Crippen molar-refractivity contribution in [1.82, 2.24) is 10.6 Å². The molecular formula is C19H28N2O3. The Morgan fingerprint density at radius 1 is 1.25 bits per heavy atom. The van der Waals surface area contributed by atoms with E-state index in [1.807, 2.05) is 6.07 Å². The van der Waals surface area contributed by atoms with E-state index in [1.54, 1.807) is 0 Å². The van der Waals surface area contributed by atoms with Gasteiger partial charge in [-0.1, -0.05) is 43.2 Å². The normalized spacial score (nSPS) is 24.5. The second-order valence-corrected chi connectivity index (χ2v) is 6.92. The van der Waals surface area contributed by atoms with Gasteiger partial charge in [0.1, 0.15) is 0 Å². The number of carbonyl (C=O) groups is 1. The molecule has 2 aliphatic rings. The van der Waals surface area contributed by atoms with E-state index in [-0.39, 0.29) is 17.5 Å². The molecule has 2 atom stereocenters. The Labute approximate surface area is 144 Å². The first-order valence-electron chi connectivity index (χ1n) is 8.98. The minimum atomic E-state index is -0.469.